The van der Waals surface area contributed by atoms with Crippen LogP contribution in [0.2, 0.25) is 0 Å². The number of carbonyl (C=O) groups excluding carboxylic acids is 5. The standard InChI is InChI=1S/C21H14F3N3O4.C20H12F3N3O4.C16H12FNO3.C13H12FN3O2.C7H7BrN2O2/c1-30-19(28)12-9-17-18(25-11-12)27(15-3-2-4-16(10-15)31-20(23)24)21(29)26(17)14-7-5-13(22)6-8-14;21-12-4-6-13(7-5-12)25-16-8-11(18(27)28)10-24-17(16)26(20(25)29)14-2-1-3-15(9-14)30-19(22)23;1-21-16(20)11-3-2-10-9-15(19)18(14(10)8-11)13-6-4-12(17)5-7-13;1-19-13(18)8-6-11(12(15)16-7-8)17-10-4-2-9(14)3-5-10;1-12-7(11)4-2-5(8)6(9)10-3-4/h2-11,20H,1H3;1-10,19H,(H,27,28);2-8H,9H2,1H3;2-7,17H,1H3,(H2,15,16);2-3H,1H3,(H2,9,10). The van der Waals surface area contributed by atoms with E-state index in [-0.39, 0.29) is 97.4 Å². The number of amides is 1. The molecule has 13 aromatic rings. The van der Waals surface area contributed by atoms with Gasteiger partial charge in [0.25, 0.3) is 0 Å². The number of nitrogens with zero attached hydrogens (tertiary/aromatic N) is 9. The molecule has 0 radical (unpaired) electrons. The van der Waals surface area contributed by atoms with E-state index in [1.807, 2.05) is 0 Å². The SMILES string of the molecule is COC(=O)c1ccc2c(c1)N(c1ccc(F)cc1)C(=O)C2.COC(=O)c1cnc(N)c(Br)c1.COC(=O)c1cnc(N)c(Nc2ccc(F)cc2)c1.COC(=O)c1cnc2c(c1)n(-c1ccc(F)cc1)c(=O)n2-c1cccc(OC(F)F)c1.O=C(O)c1cnc2c(c1)n(-c1ccc(F)cc1)c(=O)n2-c1cccc(OC(F)F)c1. The van der Waals surface area contributed by atoms with Gasteiger partial charge in [-0.1, -0.05) is 18.2 Å². The lowest BCUT2D eigenvalue weighted by Crippen LogP contribution is -2.22. The summed E-state index contributed by atoms with van der Waals surface area (Å²) >= 11 is 3.15. The molecule has 36 heteroatoms. The van der Waals surface area contributed by atoms with Crippen molar-refractivity contribution < 1.29 is 97.4 Å². The third-order valence-corrected chi connectivity index (χ3v) is 16.6. The molecule has 0 aliphatic carbocycles. The average Bonchev–Trinajstić information content (AvgIpc) is 1.59. The van der Waals surface area contributed by atoms with E-state index >= 15 is 0 Å². The second-order valence-electron chi connectivity index (χ2n) is 23.1. The van der Waals surface area contributed by atoms with Crippen molar-refractivity contribution >= 4 is 108 Å². The van der Waals surface area contributed by atoms with Crippen LogP contribution < -0.4 is 42.5 Å². The Kier molecular flexibility index (Phi) is 25.9. The highest BCUT2D eigenvalue weighted by Crippen LogP contribution is 2.37. The fourth-order valence-corrected chi connectivity index (χ4v) is 11.2. The van der Waals surface area contributed by atoms with Gasteiger partial charge in [0.2, 0.25) is 5.91 Å². The molecule has 0 saturated heterocycles. The molecule has 0 atom stereocenters. The largest absolute Gasteiger partial charge is 0.478 e. The molecule has 0 unspecified atom stereocenters. The molecule has 14 rings (SSSR count). The minimum absolute atomic E-state index is 0.0866. The zero-order chi connectivity index (χ0) is 81.5. The highest BCUT2D eigenvalue weighted by molar-refractivity contribution is 9.10. The monoisotopic (exact) mass is 1620 g/mol. The molecule has 1 aliphatic heterocycles. The Morgan fingerprint density at radius 2 is 0.850 bits per heavy atom. The highest BCUT2D eigenvalue weighted by atomic mass is 79.9. The Bertz CT molecular complexity index is 5860. The number of esters is 4. The number of carboxylic acid groups (broad SMARTS) is 1. The van der Waals surface area contributed by atoms with Crippen LogP contribution in [0.4, 0.5) is 69.5 Å². The molecule has 0 fully saturated rings. The van der Waals surface area contributed by atoms with E-state index in [2.05, 4.69) is 64.9 Å². The molecule has 6 N–H and O–H groups in total. The van der Waals surface area contributed by atoms with Crippen molar-refractivity contribution in [3.8, 4) is 34.2 Å². The fourth-order valence-electron chi connectivity index (χ4n) is 10.8. The number of alkyl halides is 4. The lowest BCUT2D eigenvalue weighted by molar-refractivity contribution is -0.116. The van der Waals surface area contributed by atoms with E-state index in [1.165, 1.54) is 201 Å². The number of nitrogen functional groups attached to an aromatic ring is 2. The maximum Gasteiger partial charge on any atom is 0.387 e. The number of rotatable bonds is 16. The summed E-state index contributed by atoms with van der Waals surface area (Å²) in [5, 5.41) is 12.2. The summed E-state index contributed by atoms with van der Waals surface area (Å²) in [4.78, 5) is 114. The number of fused-ring (bicyclic) bond motifs is 3. The minimum Gasteiger partial charge on any atom is -0.478 e. The predicted molar refractivity (Wildman–Crippen MR) is 397 cm³/mol. The zero-order valence-electron chi connectivity index (χ0n) is 58.8. The summed E-state index contributed by atoms with van der Waals surface area (Å²) in [6.07, 6.45) is 5.27. The van der Waals surface area contributed by atoms with E-state index in [9.17, 15) is 78.6 Å². The zero-order valence-corrected chi connectivity index (χ0v) is 60.4. The molecule has 578 valence electrons. The number of halogens is 9. The number of imidazole rings is 2. The maximum absolute atomic E-state index is 13.4. The summed E-state index contributed by atoms with van der Waals surface area (Å²) in [5.41, 5.74) is 15.6. The van der Waals surface area contributed by atoms with Crippen molar-refractivity contribution in [2.24, 2.45) is 0 Å². The molecule has 0 bridgehead atoms. The van der Waals surface area contributed by atoms with Crippen LogP contribution in [-0.4, -0.2) is 121 Å². The molecule has 1 amide bonds. The Morgan fingerprint density at radius 1 is 0.451 bits per heavy atom. The van der Waals surface area contributed by atoms with Crippen LogP contribution in [0.25, 0.3) is 45.1 Å². The second-order valence-corrected chi connectivity index (χ2v) is 24.0. The van der Waals surface area contributed by atoms with Crippen LogP contribution in [0.1, 0.15) is 57.4 Å². The van der Waals surface area contributed by atoms with Crippen LogP contribution in [0.3, 0.4) is 0 Å². The number of hydrogen-bond acceptors (Lipinski definition) is 21. The third-order valence-electron chi connectivity index (χ3n) is 16.0. The fraction of sp³-hybridized carbons (Fsp3) is 0.0909. The van der Waals surface area contributed by atoms with E-state index < -0.39 is 66.1 Å². The van der Waals surface area contributed by atoms with E-state index in [4.69, 9.17) is 16.2 Å². The molecule has 27 nitrogen and oxygen atoms in total. The summed E-state index contributed by atoms with van der Waals surface area (Å²) in [7, 11) is 5.11. The second kappa shape index (κ2) is 36.1. The number of carboxylic acids is 1. The lowest BCUT2D eigenvalue weighted by atomic mass is 10.1. The first-order valence-corrected chi connectivity index (χ1v) is 33.2. The molecular weight excluding hydrogens is 1560 g/mol. The van der Waals surface area contributed by atoms with Gasteiger partial charge in [0.05, 0.1) is 112 Å². The van der Waals surface area contributed by atoms with Crippen LogP contribution in [0.15, 0.2) is 227 Å². The van der Waals surface area contributed by atoms with Gasteiger partial charge in [-0.25, -0.2) is 80.2 Å². The molecule has 0 spiro atoms. The van der Waals surface area contributed by atoms with Crippen LogP contribution in [0.5, 0.6) is 11.5 Å². The Balaban J connectivity index is 0.000000155. The Labute approximate surface area is 640 Å². The summed E-state index contributed by atoms with van der Waals surface area (Å²) < 4.78 is 136. The van der Waals surface area contributed by atoms with Crippen LogP contribution >= 0.6 is 15.9 Å². The number of ether oxygens (including phenoxy) is 6. The summed E-state index contributed by atoms with van der Waals surface area (Å²) in [5.74, 6) is -4.86. The molecule has 6 aromatic heterocycles. The normalized spacial score (nSPS) is 11.2. The summed E-state index contributed by atoms with van der Waals surface area (Å²) in [6.45, 7) is -6.08. The van der Waals surface area contributed by atoms with Gasteiger partial charge in [0.1, 0.15) is 46.4 Å². The molecule has 113 heavy (non-hydrogen) atoms. The van der Waals surface area contributed by atoms with Gasteiger partial charge in [0, 0.05) is 48.3 Å². The van der Waals surface area contributed by atoms with Gasteiger partial charge >= 0.3 is 54.4 Å². The van der Waals surface area contributed by atoms with Crippen LogP contribution in [-0.2, 0) is 30.2 Å². The molecule has 7 aromatic carbocycles. The number of nitrogens with one attached hydrogen (secondary N) is 1. The van der Waals surface area contributed by atoms with Crippen molar-refractivity contribution in [3.63, 3.8) is 0 Å². The first-order valence-electron chi connectivity index (χ1n) is 32.4. The van der Waals surface area contributed by atoms with Gasteiger partial charge in [-0.15, -0.1) is 0 Å². The number of pyridine rings is 4. The van der Waals surface area contributed by atoms with Crippen molar-refractivity contribution in [2.45, 2.75) is 19.6 Å². The minimum atomic E-state index is -3.05. The van der Waals surface area contributed by atoms with Gasteiger partial charge in [0.15, 0.2) is 11.3 Å². The molecule has 0 saturated carbocycles. The number of nitrogens with two attached hydrogens (primary N) is 2. The third kappa shape index (κ3) is 19.3. The average molecular weight is 1620 g/mol. The topological polar surface area (TPSA) is 351 Å². The molecule has 1 aliphatic rings. The van der Waals surface area contributed by atoms with E-state index in [0.29, 0.717) is 49.9 Å². The number of aromatic nitrogens is 8. The van der Waals surface area contributed by atoms with Crippen molar-refractivity contribution in [1.82, 2.24) is 38.2 Å². The number of aromatic carboxylic acids is 1. The molecular formula is C77H57BrF8N12O15. The Hall–Kier alpha value is -14.6. The van der Waals surface area contributed by atoms with E-state index in [1.54, 1.807) is 36.4 Å². The first kappa shape index (κ1) is 80.9. The summed E-state index contributed by atoms with van der Waals surface area (Å²) in [6, 6.07) is 43.3. The van der Waals surface area contributed by atoms with Crippen molar-refractivity contribution in [2.75, 3.05) is 50.1 Å². The van der Waals surface area contributed by atoms with Crippen LogP contribution in [0, 0.1) is 23.3 Å². The lowest BCUT2D eigenvalue weighted by Gasteiger charge is -2.18. The highest BCUT2D eigenvalue weighted by Gasteiger charge is 2.30. The maximum atomic E-state index is 13.4. The quantitative estimate of drug-likeness (QED) is 0.0396. The van der Waals surface area contributed by atoms with Gasteiger partial charge in [-0.05, 0) is 179 Å². The first-order chi connectivity index (χ1) is 54.1. The van der Waals surface area contributed by atoms with E-state index in [0.717, 1.165) is 33.0 Å². The smallest absolute Gasteiger partial charge is 0.387 e. The molecule has 7 heterocycles. The number of methoxy groups -OCH3 is 4. The predicted octanol–water partition coefficient (Wildman–Crippen LogP) is 13.7. The number of anilines is 6. The number of carbonyl (C=O) groups is 6. The van der Waals surface area contributed by atoms with Crippen molar-refractivity contribution in [1.29, 1.82) is 0 Å². The van der Waals surface area contributed by atoms with Gasteiger partial charge in [-0.3, -0.25) is 18.8 Å². The van der Waals surface area contributed by atoms with Crippen molar-refractivity contribution in [3.05, 3.63) is 295 Å². The van der Waals surface area contributed by atoms with Gasteiger partial charge < -0.3 is 50.3 Å². The van der Waals surface area contributed by atoms with Gasteiger partial charge in [-0.2, -0.15) is 17.6 Å². The number of benzene rings is 7. The Morgan fingerprint density at radius 3 is 1.29 bits per heavy atom. The number of hydrogen-bond donors (Lipinski definition) is 4.